The Bertz CT molecular complexity index is 745. The maximum Gasteiger partial charge on any atom is 0.341 e. The second kappa shape index (κ2) is 8.48. The molecule has 2 aromatic rings. The van der Waals surface area contributed by atoms with Gasteiger partial charge in [0.15, 0.2) is 11.8 Å². The molecule has 1 aromatic carbocycles. The number of hydrogen-bond donors (Lipinski definition) is 1. The molecule has 7 nitrogen and oxygen atoms in total. The molecule has 0 bridgehead atoms. The van der Waals surface area contributed by atoms with Gasteiger partial charge in [0, 0.05) is 24.1 Å². The molecule has 2 rings (SSSR count). The fourth-order valence-electron chi connectivity index (χ4n) is 2.04. The van der Waals surface area contributed by atoms with Crippen LogP contribution in [0.2, 0.25) is 0 Å². The van der Waals surface area contributed by atoms with Crippen molar-refractivity contribution in [1.82, 2.24) is 9.97 Å². The smallest absolute Gasteiger partial charge is 0.341 e. The molecule has 0 aliphatic heterocycles. The molecule has 0 atom stereocenters. The molecule has 0 unspecified atom stereocenters. The lowest BCUT2D eigenvalue weighted by molar-refractivity contribution is -0.139. The molecular weight excluding hydrogens is 342 g/mol. The molecule has 1 N–H and O–H groups in total. The fraction of sp³-hybridized carbons (Fsp3) is 0.294. The Morgan fingerprint density at radius 1 is 1.16 bits per heavy atom. The fourth-order valence-corrected chi connectivity index (χ4v) is 2.90. The summed E-state index contributed by atoms with van der Waals surface area (Å²) in [6.07, 6.45) is 0. The summed E-state index contributed by atoms with van der Waals surface area (Å²) in [5.41, 5.74) is 2.43. The summed E-state index contributed by atoms with van der Waals surface area (Å²) in [6, 6.07) is 8.54. The first-order chi connectivity index (χ1) is 11.8. The van der Waals surface area contributed by atoms with Crippen molar-refractivity contribution in [2.24, 2.45) is 0 Å². The number of carboxylic acid groups (broad SMARTS) is 1. The lowest BCUT2D eigenvalue weighted by Gasteiger charge is -2.17. The van der Waals surface area contributed by atoms with Crippen molar-refractivity contribution in [2.75, 3.05) is 24.3 Å². The number of hydrogen-bond acceptors (Lipinski definition) is 6. The van der Waals surface area contributed by atoms with Crippen LogP contribution in [0.5, 0.6) is 5.75 Å². The van der Waals surface area contributed by atoms with E-state index < -0.39 is 12.6 Å². The molecule has 1 aromatic heterocycles. The number of thioether (sulfide) groups is 1. The van der Waals surface area contributed by atoms with Crippen molar-refractivity contribution in [3.63, 3.8) is 0 Å². The Labute approximate surface area is 150 Å². The summed E-state index contributed by atoms with van der Waals surface area (Å²) in [4.78, 5) is 32.9. The SMILES string of the molecule is Cc1cc(C)nc(SCC(=O)N(C)c2ccc(OCC(=O)O)cc2)n1. The number of anilines is 1. The van der Waals surface area contributed by atoms with E-state index in [0.29, 0.717) is 16.6 Å². The van der Waals surface area contributed by atoms with Crippen LogP contribution in [0.1, 0.15) is 11.4 Å². The van der Waals surface area contributed by atoms with Crippen molar-refractivity contribution in [1.29, 1.82) is 0 Å². The van der Waals surface area contributed by atoms with Gasteiger partial charge in [-0.1, -0.05) is 11.8 Å². The molecule has 132 valence electrons. The minimum atomic E-state index is -1.04. The lowest BCUT2D eigenvalue weighted by Crippen LogP contribution is -2.28. The van der Waals surface area contributed by atoms with Crippen LogP contribution >= 0.6 is 11.8 Å². The van der Waals surface area contributed by atoms with Crippen LogP contribution in [0.25, 0.3) is 0 Å². The van der Waals surface area contributed by atoms with Crippen molar-refractivity contribution in [3.8, 4) is 5.75 Å². The van der Waals surface area contributed by atoms with E-state index in [1.807, 2.05) is 19.9 Å². The summed E-state index contributed by atoms with van der Waals surface area (Å²) in [5, 5.41) is 9.17. The Kier molecular flexibility index (Phi) is 6.35. The molecule has 0 spiro atoms. The first-order valence-electron chi connectivity index (χ1n) is 7.51. The Balaban J connectivity index is 1.93. The number of carbonyl (C=O) groups is 2. The maximum absolute atomic E-state index is 12.3. The van der Waals surface area contributed by atoms with Crippen LogP contribution in [0.15, 0.2) is 35.5 Å². The van der Waals surface area contributed by atoms with Gasteiger partial charge in [0.25, 0.3) is 0 Å². The highest BCUT2D eigenvalue weighted by Gasteiger charge is 2.13. The third kappa shape index (κ3) is 5.75. The zero-order chi connectivity index (χ0) is 18.4. The van der Waals surface area contributed by atoms with E-state index >= 15 is 0 Å². The van der Waals surface area contributed by atoms with Gasteiger partial charge in [-0.15, -0.1) is 0 Å². The zero-order valence-electron chi connectivity index (χ0n) is 14.2. The lowest BCUT2D eigenvalue weighted by atomic mass is 10.3. The van der Waals surface area contributed by atoms with Gasteiger partial charge in [-0.05, 0) is 44.2 Å². The number of aromatic nitrogens is 2. The van der Waals surface area contributed by atoms with Crippen molar-refractivity contribution in [3.05, 3.63) is 41.7 Å². The average Bonchev–Trinajstić information content (AvgIpc) is 2.57. The van der Waals surface area contributed by atoms with Gasteiger partial charge in [-0.25, -0.2) is 14.8 Å². The van der Waals surface area contributed by atoms with Crippen LogP contribution in [-0.2, 0) is 9.59 Å². The highest BCUT2D eigenvalue weighted by molar-refractivity contribution is 7.99. The molecule has 0 aliphatic carbocycles. The number of rotatable bonds is 7. The molecular formula is C17H19N3O4S. The minimum Gasteiger partial charge on any atom is -0.482 e. The van der Waals surface area contributed by atoms with Gasteiger partial charge >= 0.3 is 5.97 Å². The Morgan fingerprint density at radius 3 is 2.32 bits per heavy atom. The third-order valence-electron chi connectivity index (χ3n) is 3.25. The Morgan fingerprint density at radius 2 is 1.76 bits per heavy atom. The van der Waals surface area contributed by atoms with Gasteiger partial charge in [0.2, 0.25) is 5.91 Å². The molecule has 1 amide bonds. The van der Waals surface area contributed by atoms with Crippen LogP contribution in [0, 0.1) is 13.8 Å². The number of amides is 1. The van der Waals surface area contributed by atoms with E-state index in [1.165, 1.54) is 16.7 Å². The average molecular weight is 361 g/mol. The van der Waals surface area contributed by atoms with Crippen LogP contribution < -0.4 is 9.64 Å². The molecule has 8 heteroatoms. The second-order valence-corrected chi connectivity index (χ2v) is 6.29. The summed E-state index contributed by atoms with van der Waals surface area (Å²) in [5.74, 6) is -0.476. The van der Waals surface area contributed by atoms with E-state index in [1.54, 1.807) is 31.3 Å². The number of carboxylic acids is 1. The van der Waals surface area contributed by atoms with Crippen molar-refractivity contribution >= 4 is 29.3 Å². The van der Waals surface area contributed by atoms with Crippen LogP contribution in [0.3, 0.4) is 0 Å². The predicted octanol–water partition coefficient (Wildman–Crippen LogP) is 2.31. The van der Waals surface area contributed by atoms with E-state index in [4.69, 9.17) is 9.84 Å². The van der Waals surface area contributed by atoms with Crippen LogP contribution in [-0.4, -0.2) is 46.4 Å². The third-order valence-corrected chi connectivity index (χ3v) is 4.08. The summed E-state index contributed by atoms with van der Waals surface area (Å²) in [7, 11) is 1.68. The number of ether oxygens (including phenoxy) is 1. The van der Waals surface area contributed by atoms with Gasteiger partial charge < -0.3 is 14.7 Å². The molecule has 0 radical (unpaired) electrons. The first kappa shape index (κ1) is 18.7. The maximum atomic E-state index is 12.3. The number of nitrogens with zero attached hydrogens (tertiary/aromatic N) is 3. The standard InChI is InChI=1S/C17H19N3O4S/c1-11-8-12(2)19-17(18-11)25-10-15(21)20(3)13-4-6-14(7-5-13)24-9-16(22)23/h4-8H,9-10H2,1-3H3,(H,22,23). The number of carbonyl (C=O) groups excluding carboxylic acids is 1. The van der Waals surface area contributed by atoms with E-state index in [-0.39, 0.29) is 11.7 Å². The summed E-state index contributed by atoms with van der Waals surface area (Å²) >= 11 is 1.29. The molecule has 0 saturated heterocycles. The normalized spacial score (nSPS) is 10.4. The minimum absolute atomic E-state index is 0.0908. The molecule has 0 saturated carbocycles. The van der Waals surface area contributed by atoms with Gasteiger partial charge in [0.05, 0.1) is 5.75 Å². The predicted molar refractivity (Wildman–Crippen MR) is 95.2 cm³/mol. The summed E-state index contributed by atoms with van der Waals surface area (Å²) in [6.45, 7) is 3.38. The van der Waals surface area contributed by atoms with Crippen molar-refractivity contribution < 1.29 is 19.4 Å². The van der Waals surface area contributed by atoms with E-state index in [0.717, 1.165) is 11.4 Å². The number of benzene rings is 1. The number of aryl methyl sites for hydroxylation is 2. The Hall–Kier alpha value is -2.61. The topological polar surface area (TPSA) is 92.6 Å². The molecule has 1 heterocycles. The number of aliphatic carboxylic acids is 1. The monoisotopic (exact) mass is 361 g/mol. The van der Waals surface area contributed by atoms with E-state index in [9.17, 15) is 9.59 Å². The quantitative estimate of drug-likeness (QED) is 0.597. The van der Waals surface area contributed by atoms with E-state index in [2.05, 4.69) is 9.97 Å². The molecule has 0 aliphatic rings. The highest BCUT2D eigenvalue weighted by Crippen LogP contribution is 2.20. The van der Waals surface area contributed by atoms with Gasteiger partial charge in [-0.2, -0.15) is 0 Å². The summed E-state index contributed by atoms with van der Waals surface area (Å²) < 4.78 is 5.07. The van der Waals surface area contributed by atoms with Crippen molar-refractivity contribution in [2.45, 2.75) is 19.0 Å². The second-order valence-electron chi connectivity index (χ2n) is 5.35. The first-order valence-corrected chi connectivity index (χ1v) is 8.50. The largest absolute Gasteiger partial charge is 0.482 e. The zero-order valence-corrected chi connectivity index (χ0v) is 15.0. The highest BCUT2D eigenvalue weighted by atomic mass is 32.2. The van der Waals surface area contributed by atoms with Gasteiger partial charge in [-0.3, -0.25) is 4.79 Å². The van der Waals surface area contributed by atoms with Crippen LogP contribution in [0.4, 0.5) is 5.69 Å². The molecule has 25 heavy (non-hydrogen) atoms. The molecule has 0 fully saturated rings. The van der Waals surface area contributed by atoms with Gasteiger partial charge in [0.1, 0.15) is 5.75 Å².